The first-order valence-corrected chi connectivity index (χ1v) is 9.30. The summed E-state index contributed by atoms with van der Waals surface area (Å²) in [6.45, 7) is 2.02. The Hall–Kier alpha value is -3.28. The van der Waals surface area contributed by atoms with Gasteiger partial charge < -0.3 is 19.2 Å². The fourth-order valence-electron chi connectivity index (χ4n) is 3.71. The molecule has 1 atom stereocenters. The smallest absolute Gasteiger partial charge is 0.251 e. The fourth-order valence-corrected chi connectivity index (χ4v) is 3.71. The number of methoxy groups -OCH3 is 1. The van der Waals surface area contributed by atoms with Gasteiger partial charge in [0.2, 0.25) is 0 Å². The van der Waals surface area contributed by atoms with Crippen molar-refractivity contribution in [3.63, 3.8) is 0 Å². The standard InChI is InChI=1S/C22H24N4O2/c1-14(9-16-12-25(2)20-8-6-17(28-4)11-18(16)20)24-22(27)15-5-7-21-19(10-15)23-13-26(21)3/h5-8,10-14H,9H2,1-4H3,(H,24,27)/t14-/m0/s1. The molecule has 144 valence electrons. The molecule has 0 radical (unpaired) electrons. The average molecular weight is 376 g/mol. The van der Waals surface area contributed by atoms with Crippen LogP contribution < -0.4 is 10.1 Å². The van der Waals surface area contributed by atoms with Gasteiger partial charge in [0.15, 0.2) is 0 Å². The second kappa shape index (κ2) is 7.03. The lowest BCUT2D eigenvalue weighted by molar-refractivity contribution is 0.0940. The summed E-state index contributed by atoms with van der Waals surface area (Å²) in [6, 6.07) is 11.7. The van der Waals surface area contributed by atoms with Crippen LogP contribution in [0.4, 0.5) is 0 Å². The maximum atomic E-state index is 12.7. The van der Waals surface area contributed by atoms with E-state index in [9.17, 15) is 4.79 Å². The second-order valence-corrected chi connectivity index (χ2v) is 7.29. The van der Waals surface area contributed by atoms with Gasteiger partial charge in [-0.05, 0) is 55.3 Å². The van der Waals surface area contributed by atoms with E-state index in [4.69, 9.17) is 4.74 Å². The number of aryl methyl sites for hydroxylation is 2. The molecule has 0 saturated heterocycles. The van der Waals surface area contributed by atoms with Crippen LogP contribution >= 0.6 is 0 Å². The quantitative estimate of drug-likeness (QED) is 0.580. The highest BCUT2D eigenvalue weighted by Crippen LogP contribution is 2.26. The molecule has 6 nitrogen and oxygen atoms in total. The first kappa shape index (κ1) is 18.1. The Morgan fingerprint density at radius 3 is 2.71 bits per heavy atom. The number of benzene rings is 2. The number of fused-ring (bicyclic) bond motifs is 2. The molecule has 0 bridgehead atoms. The van der Waals surface area contributed by atoms with E-state index in [2.05, 4.69) is 27.1 Å². The Morgan fingerprint density at radius 2 is 1.93 bits per heavy atom. The number of carbonyl (C=O) groups excluding carboxylic acids is 1. The summed E-state index contributed by atoms with van der Waals surface area (Å²) < 4.78 is 9.41. The molecule has 0 aliphatic rings. The third-order valence-electron chi connectivity index (χ3n) is 5.17. The normalized spacial score (nSPS) is 12.4. The summed E-state index contributed by atoms with van der Waals surface area (Å²) >= 11 is 0. The Kier molecular flexibility index (Phi) is 4.55. The molecule has 2 aromatic heterocycles. The largest absolute Gasteiger partial charge is 0.497 e. The van der Waals surface area contributed by atoms with E-state index in [1.54, 1.807) is 13.4 Å². The van der Waals surface area contributed by atoms with Crippen molar-refractivity contribution < 1.29 is 9.53 Å². The highest BCUT2D eigenvalue weighted by molar-refractivity contribution is 5.97. The molecule has 0 unspecified atom stereocenters. The van der Waals surface area contributed by atoms with Crippen molar-refractivity contribution in [2.45, 2.75) is 19.4 Å². The number of hydrogen-bond donors (Lipinski definition) is 1. The van der Waals surface area contributed by atoms with Gasteiger partial charge >= 0.3 is 0 Å². The van der Waals surface area contributed by atoms with E-state index in [1.165, 1.54) is 5.56 Å². The summed E-state index contributed by atoms with van der Waals surface area (Å²) in [4.78, 5) is 17.0. The lowest BCUT2D eigenvalue weighted by atomic mass is 10.1. The second-order valence-electron chi connectivity index (χ2n) is 7.29. The van der Waals surface area contributed by atoms with Gasteiger partial charge in [-0.1, -0.05) is 0 Å². The molecule has 2 aromatic carbocycles. The molecule has 2 heterocycles. The maximum Gasteiger partial charge on any atom is 0.251 e. The molecule has 0 saturated carbocycles. The SMILES string of the molecule is COc1ccc2c(c1)c(C[C@H](C)NC(=O)c1ccc3c(c1)ncn3C)cn2C. The summed E-state index contributed by atoms with van der Waals surface area (Å²) in [7, 11) is 5.64. The average Bonchev–Trinajstić information content (AvgIpc) is 3.21. The lowest BCUT2D eigenvalue weighted by Crippen LogP contribution is -2.34. The van der Waals surface area contributed by atoms with Crippen molar-refractivity contribution in [1.29, 1.82) is 0 Å². The number of nitrogens with zero attached hydrogens (tertiary/aromatic N) is 3. The molecule has 4 aromatic rings. The predicted octanol–water partition coefficient (Wildman–Crippen LogP) is 3.43. The Balaban J connectivity index is 1.52. The van der Waals surface area contributed by atoms with Gasteiger partial charge in [0.05, 0.1) is 24.5 Å². The van der Waals surface area contributed by atoms with Crippen LogP contribution in [0.5, 0.6) is 5.75 Å². The number of rotatable bonds is 5. The third kappa shape index (κ3) is 3.22. The Labute approximate surface area is 163 Å². The van der Waals surface area contributed by atoms with E-state index in [1.807, 2.05) is 55.9 Å². The summed E-state index contributed by atoms with van der Waals surface area (Å²) in [5.41, 5.74) is 4.79. The van der Waals surface area contributed by atoms with E-state index < -0.39 is 0 Å². The molecular formula is C22H24N4O2. The molecule has 0 fully saturated rings. The van der Waals surface area contributed by atoms with Gasteiger partial charge in [-0.25, -0.2) is 4.98 Å². The first-order valence-electron chi connectivity index (χ1n) is 9.30. The van der Waals surface area contributed by atoms with Crippen molar-refractivity contribution in [1.82, 2.24) is 19.4 Å². The number of hydrogen-bond acceptors (Lipinski definition) is 3. The van der Waals surface area contributed by atoms with Crippen molar-refractivity contribution in [3.8, 4) is 5.75 Å². The van der Waals surface area contributed by atoms with Gasteiger partial charge in [0.1, 0.15) is 5.75 Å². The Bertz CT molecular complexity index is 1170. The third-order valence-corrected chi connectivity index (χ3v) is 5.17. The monoisotopic (exact) mass is 376 g/mol. The molecule has 0 aliphatic heterocycles. The fraction of sp³-hybridized carbons (Fsp3) is 0.273. The molecule has 0 spiro atoms. The molecule has 4 rings (SSSR count). The molecule has 1 N–H and O–H groups in total. The van der Waals surface area contributed by atoms with Gasteiger partial charge in [0, 0.05) is 42.8 Å². The van der Waals surface area contributed by atoms with Crippen molar-refractivity contribution >= 4 is 27.8 Å². The van der Waals surface area contributed by atoms with Crippen LogP contribution in [-0.2, 0) is 20.5 Å². The minimum atomic E-state index is -0.0853. The van der Waals surface area contributed by atoms with Crippen LogP contribution in [0.3, 0.4) is 0 Å². The zero-order valence-electron chi connectivity index (χ0n) is 16.6. The Morgan fingerprint density at radius 1 is 1.14 bits per heavy atom. The van der Waals surface area contributed by atoms with Crippen LogP contribution in [0.1, 0.15) is 22.8 Å². The molecule has 0 aliphatic carbocycles. The van der Waals surface area contributed by atoms with Gasteiger partial charge in [-0.2, -0.15) is 0 Å². The van der Waals surface area contributed by atoms with Crippen LogP contribution in [0.25, 0.3) is 21.9 Å². The summed E-state index contributed by atoms with van der Waals surface area (Å²) in [6.07, 6.45) is 4.61. The van der Waals surface area contributed by atoms with Crippen LogP contribution in [0.15, 0.2) is 48.9 Å². The van der Waals surface area contributed by atoms with Crippen molar-refractivity contribution in [3.05, 3.63) is 60.0 Å². The van der Waals surface area contributed by atoms with Gasteiger partial charge in [0.25, 0.3) is 5.91 Å². The molecule has 6 heteroatoms. The predicted molar refractivity (Wildman–Crippen MR) is 111 cm³/mol. The number of ether oxygens (including phenoxy) is 1. The first-order chi connectivity index (χ1) is 13.5. The number of amides is 1. The minimum absolute atomic E-state index is 0.0104. The maximum absolute atomic E-state index is 12.7. The number of carbonyl (C=O) groups is 1. The zero-order valence-corrected chi connectivity index (χ0v) is 16.6. The van der Waals surface area contributed by atoms with E-state index in [0.717, 1.165) is 34.1 Å². The highest BCUT2D eigenvalue weighted by atomic mass is 16.5. The van der Waals surface area contributed by atoms with E-state index >= 15 is 0 Å². The van der Waals surface area contributed by atoms with E-state index in [-0.39, 0.29) is 11.9 Å². The molecular weight excluding hydrogens is 352 g/mol. The molecule has 28 heavy (non-hydrogen) atoms. The summed E-state index contributed by atoms with van der Waals surface area (Å²) in [5, 5.41) is 4.26. The van der Waals surface area contributed by atoms with Crippen LogP contribution in [-0.4, -0.2) is 33.2 Å². The number of nitrogens with one attached hydrogen (secondary N) is 1. The zero-order chi connectivity index (χ0) is 19.8. The molecule has 1 amide bonds. The lowest BCUT2D eigenvalue weighted by Gasteiger charge is -2.14. The summed E-state index contributed by atoms with van der Waals surface area (Å²) in [5.74, 6) is 0.748. The number of aromatic nitrogens is 3. The van der Waals surface area contributed by atoms with Crippen LogP contribution in [0, 0.1) is 0 Å². The van der Waals surface area contributed by atoms with Crippen molar-refractivity contribution in [2.24, 2.45) is 14.1 Å². The van der Waals surface area contributed by atoms with Gasteiger partial charge in [-0.3, -0.25) is 4.79 Å². The van der Waals surface area contributed by atoms with Crippen molar-refractivity contribution in [2.75, 3.05) is 7.11 Å². The van der Waals surface area contributed by atoms with Crippen LogP contribution in [0.2, 0.25) is 0 Å². The number of imidazole rings is 1. The highest BCUT2D eigenvalue weighted by Gasteiger charge is 2.15. The van der Waals surface area contributed by atoms with Gasteiger partial charge in [-0.15, -0.1) is 0 Å². The van der Waals surface area contributed by atoms with E-state index in [0.29, 0.717) is 5.56 Å². The minimum Gasteiger partial charge on any atom is -0.497 e. The topological polar surface area (TPSA) is 61.1 Å².